The minimum Gasteiger partial charge on any atom is -0.367 e. The molecule has 9 nitrogen and oxygen atoms in total. The number of hydrogen-bond donors (Lipinski definition) is 2. The fourth-order valence-corrected chi connectivity index (χ4v) is 6.67. The molecule has 0 spiro atoms. The molecule has 42 heavy (non-hydrogen) atoms. The van der Waals surface area contributed by atoms with Gasteiger partial charge < -0.3 is 10.2 Å². The second-order valence-corrected chi connectivity index (χ2v) is 12.2. The molecule has 6 rings (SSSR count). The van der Waals surface area contributed by atoms with Crippen LogP contribution in [-0.4, -0.2) is 72.9 Å². The van der Waals surface area contributed by atoms with E-state index in [0.29, 0.717) is 41.3 Å². The van der Waals surface area contributed by atoms with Crippen molar-refractivity contribution in [2.75, 3.05) is 48.9 Å². The molecule has 0 saturated carbocycles. The van der Waals surface area contributed by atoms with Gasteiger partial charge in [0.2, 0.25) is 0 Å². The molecule has 4 heterocycles. The van der Waals surface area contributed by atoms with Gasteiger partial charge in [0.05, 0.1) is 17.1 Å². The third kappa shape index (κ3) is 5.69. The van der Waals surface area contributed by atoms with Crippen molar-refractivity contribution in [1.29, 1.82) is 0 Å². The quantitative estimate of drug-likeness (QED) is 0.314. The fourth-order valence-electron chi connectivity index (χ4n) is 5.20. The largest absolute Gasteiger partial charge is 0.367 e. The number of nitrogens with zero attached hydrogens (tertiary/aromatic N) is 5. The van der Waals surface area contributed by atoms with Gasteiger partial charge in [0.15, 0.2) is 5.82 Å². The predicted molar refractivity (Wildman–Crippen MR) is 156 cm³/mol. The minimum atomic E-state index is -4.24. The lowest BCUT2D eigenvalue weighted by Crippen LogP contribution is -2.43. The van der Waals surface area contributed by atoms with Crippen molar-refractivity contribution in [3.05, 3.63) is 77.7 Å². The Morgan fingerprint density at radius 3 is 2.45 bits per heavy atom. The first kappa shape index (κ1) is 28.5. The molecule has 14 heteroatoms. The third-order valence-electron chi connectivity index (χ3n) is 7.32. The van der Waals surface area contributed by atoms with Gasteiger partial charge in [-0.05, 0) is 42.8 Å². The van der Waals surface area contributed by atoms with Crippen molar-refractivity contribution >= 4 is 33.2 Å². The number of pyridine rings is 1. The zero-order valence-corrected chi connectivity index (χ0v) is 23.8. The summed E-state index contributed by atoms with van der Waals surface area (Å²) in [5.74, 6) is -1.31. The van der Waals surface area contributed by atoms with Gasteiger partial charge in [-0.25, -0.2) is 17.9 Å². The highest BCUT2D eigenvalue weighted by Crippen LogP contribution is 2.38. The van der Waals surface area contributed by atoms with Crippen LogP contribution in [-0.2, 0) is 10.2 Å². The highest BCUT2D eigenvalue weighted by Gasteiger charge is 2.32. The lowest BCUT2D eigenvalue weighted by atomic mass is 10.0. The number of benzene rings is 2. The lowest BCUT2D eigenvalue weighted by molar-refractivity contribution is 0.343. The van der Waals surface area contributed by atoms with Crippen molar-refractivity contribution in [2.24, 2.45) is 0 Å². The number of aromatic nitrogens is 3. The molecule has 2 aromatic heterocycles. The fraction of sp³-hybridized carbons (Fsp3) is 0.286. The molecular formula is C28H27ClF3N7O2S. The highest BCUT2D eigenvalue weighted by molar-refractivity contribution is 7.90. The summed E-state index contributed by atoms with van der Waals surface area (Å²) in [4.78, 5) is 6.00. The molecule has 2 aliphatic rings. The van der Waals surface area contributed by atoms with E-state index in [0.717, 1.165) is 23.5 Å². The van der Waals surface area contributed by atoms with E-state index in [1.54, 1.807) is 36.7 Å². The van der Waals surface area contributed by atoms with Crippen LogP contribution in [0.5, 0.6) is 0 Å². The first-order chi connectivity index (χ1) is 20.2. The smallest absolute Gasteiger partial charge is 0.301 e. The normalized spacial score (nSPS) is 18.0. The average Bonchev–Trinajstić information content (AvgIpc) is 3.63. The average molecular weight is 618 g/mol. The molecule has 0 aliphatic carbocycles. The van der Waals surface area contributed by atoms with Crippen LogP contribution in [0, 0.1) is 11.6 Å². The van der Waals surface area contributed by atoms with Crippen LogP contribution in [0.15, 0.2) is 61.1 Å². The van der Waals surface area contributed by atoms with Crippen molar-refractivity contribution in [3.63, 3.8) is 0 Å². The topological polar surface area (TPSA) is 95.4 Å². The summed E-state index contributed by atoms with van der Waals surface area (Å²) in [6.07, 6.45) is 3.43. The van der Waals surface area contributed by atoms with E-state index in [1.165, 1.54) is 23.0 Å². The summed E-state index contributed by atoms with van der Waals surface area (Å²) in [5, 5.41) is 7.96. The van der Waals surface area contributed by atoms with E-state index in [-0.39, 0.29) is 35.8 Å². The molecule has 0 unspecified atom stereocenters. The van der Waals surface area contributed by atoms with Gasteiger partial charge in [-0.2, -0.15) is 17.8 Å². The van der Waals surface area contributed by atoms with Crippen LogP contribution in [0.1, 0.15) is 6.42 Å². The zero-order valence-electron chi connectivity index (χ0n) is 22.3. The van der Waals surface area contributed by atoms with Crippen LogP contribution in [0.2, 0.25) is 5.02 Å². The third-order valence-corrected chi connectivity index (χ3v) is 9.03. The highest BCUT2D eigenvalue weighted by atomic mass is 35.5. The number of alkyl halides is 1. The van der Waals surface area contributed by atoms with Crippen LogP contribution >= 0.6 is 11.6 Å². The summed E-state index contributed by atoms with van der Waals surface area (Å²) in [6.45, 7) is 2.55. The van der Waals surface area contributed by atoms with Gasteiger partial charge >= 0.3 is 10.2 Å². The summed E-state index contributed by atoms with van der Waals surface area (Å²) in [6, 6.07) is 10.7. The molecule has 2 fully saturated rings. The second-order valence-electron chi connectivity index (χ2n) is 10.1. The Labute approximate surface area is 246 Å². The Morgan fingerprint density at radius 1 is 1.00 bits per heavy atom. The Kier molecular flexibility index (Phi) is 7.83. The van der Waals surface area contributed by atoms with E-state index in [9.17, 15) is 12.8 Å². The summed E-state index contributed by atoms with van der Waals surface area (Å²) in [5.41, 5.74) is 1.71. The van der Waals surface area contributed by atoms with Crippen LogP contribution < -0.4 is 14.9 Å². The number of rotatable bonds is 7. The Bertz CT molecular complexity index is 1720. The Hall–Kier alpha value is -3.65. The lowest BCUT2D eigenvalue weighted by Gasteiger charge is -2.29. The maximum atomic E-state index is 16.1. The van der Waals surface area contributed by atoms with Gasteiger partial charge in [-0.3, -0.25) is 9.71 Å². The minimum absolute atomic E-state index is 0.0193. The number of piperazine rings is 1. The molecule has 2 saturated heterocycles. The maximum absolute atomic E-state index is 16.1. The molecule has 2 N–H and O–H groups in total. The molecule has 0 amide bonds. The monoisotopic (exact) mass is 617 g/mol. The first-order valence-electron chi connectivity index (χ1n) is 13.4. The SMILES string of the molecule is O=S(=O)(Nc1cc(Cl)cc(-c2cn(-c3ccc(N4CCNCC4)c(F)c3)nc2-c2ccncc2)c1F)N1CC[C@@H](F)C1. The molecular weight excluding hydrogens is 591 g/mol. The van der Waals surface area contributed by atoms with Gasteiger partial charge in [-0.1, -0.05) is 11.6 Å². The van der Waals surface area contributed by atoms with Gasteiger partial charge in [0, 0.05) is 85.6 Å². The van der Waals surface area contributed by atoms with Crippen molar-refractivity contribution in [1.82, 2.24) is 24.4 Å². The number of halogens is 4. The van der Waals surface area contributed by atoms with Crippen molar-refractivity contribution < 1.29 is 21.6 Å². The zero-order chi connectivity index (χ0) is 29.4. The van der Waals surface area contributed by atoms with E-state index in [1.807, 2.05) is 4.90 Å². The summed E-state index contributed by atoms with van der Waals surface area (Å²) >= 11 is 6.35. The van der Waals surface area contributed by atoms with Gasteiger partial charge in [0.1, 0.15) is 17.7 Å². The predicted octanol–water partition coefficient (Wildman–Crippen LogP) is 4.64. The van der Waals surface area contributed by atoms with Crippen LogP contribution in [0.4, 0.5) is 24.5 Å². The molecule has 2 aromatic carbocycles. The van der Waals surface area contributed by atoms with Gasteiger partial charge in [0.25, 0.3) is 0 Å². The maximum Gasteiger partial charge on any atom is 0.301 e. The van der Waals surface area contributed by atoms with Crippen LogP contribution in [0.25, 0.3) is 28.1 Å². The molecule has 4 aromatic rings. The molecule has 1 atom stereocenters. The molecule has 0 bridgehead atoms. The van der Waals surface area contributed by atoms with Crippen molar-refractivity contribution in [2.45, 2.75) is 12.6 Å². The second kappa shape index (κ2) is 11.6. The first-order valence-corrected chi connectivity index (χ1v) is 15.2. The molecule has 220 valence electrons. The number of hydrogen-bond acceptors (Lipinski definition) is 6. The van der Waals surface area contributed by atoms with E-state index in [4.69, 9.17) is 11.6 Å². The Balaban J connectivity index is 1.41. The van der Waals surface area contributed by atoms with Crippen molar-refractivity contribution in [3.8, 4) is 28.1 Å². The standard InChI is InChI=1S/C28H27ClF3N7O2S/c29-19-13-22(27(32)25(14-19)36-42(40,41)38-10-5-20(30)16-38)23-17-39(35-28(23)18-3-6-33-7-4-18)21-1-2-26(24(31)15-21)37-11-8-34-9-12-37/h1-4,6-7,13-15,17,20,34,36H,5,8-12,16H2/t20-/m1/s1. The summed E-state index contributed by atoms with van der Waals surface area (Å²) < 4.78 is 75.4. The van der Waals surface area contributed by atoms with E-state index in [2.05, 4.69) is 20.1 Å². The molecule has 0 radical (unpaired) electrons. The molecule has 2 aliphatic heterocycles. The van der Waals surface area contributed by atoms with Crippen LogP contribution in [0.3, 0.4) is 0 Å². The summed E-state index contributed by atoms with van der Waals surface area (Å²) in [7, 11) is -4.24. The number of nitrogens with one attached hydrogen (secondary N) is 2. The van der Waals surface area contributed by atoms with E-state index >= 15 is 8.78 Å². The Morgan fingerprint density at radius 2 is 1.76 bits per heavy atom. The van der Waals surface area contributed by atoms with Gasteiger partial charge in [-0.15, -0.1) is 0 Å². The number of anilines is 2. The van der Waals surface area contributed by atoms with E-state index < -0.39 is 28.0 Å².